The summed E-state index contributed by atoms with van der Waals surface area (Å²) in [7, 11) is 0. The van der Waals surface area contributed by atoms with Crippen molar-refractivity contribution in [1.29, 1.82) is 0 Å². The molecule has 182 valence electrons. The number of pyridine rings is 1. The van der Waals surface area contributed by atoms with Gasteiger partial charge in [-0.1, -0.05) is 17.7 Å². The van der Waals surface area contributed by atoms with Gasteiger partial charge in [0.15, 0.2) is 0 Å². The number of fused-ring (bicyclic) bond motifs is 1. The number of hydrogen-bond acceptors (Lipinski definition) is 9. The molecule has 1 aliphatic rings. The van der Waals surface area contributed by atoms with Crippen molar-refractivity contribution in [2.45, 2.75) is 32.4 Å². The number of benzene rings is 1. The molecule has 0 amide bonds. The summed E-state index contributed by atoms with van der Waals surface area (Å²) in [6.45, 7) is 12.9. The number of nitrogens with one attached hydrogen (secondary N) is 1. The number of ether oxygens (including phenoxy) is 1. The molecular weight excluding hydrogens is 480 g/mol. The Morgan fingerprint density at radius 2 is 2.08 bits per heavy atom. The molecule has 36 heavy (non-hydrogen) atoms. The van der Waals surface area contributed by atoms with E-state index in [0.717, 1.165) is 35.7 Å². The minimum Gasteiger partial charge on any atom is -0.489 e. The number of nitrogens with zero attached hydrogens (tertiary/aromatic N) is 9. The Labute approximate surface area is 212 Å². The Morgan fingerprint density at radius 1 is 1.19 bits per heavy atom. The molecule has 0 aliphatic carbocycles. The van der Waals surface area contributed by atoms with Gasteiger partial charge in [0.2, 0.25) is 5.69 Å². The minimum absolute atomic E-state index is 0.383. The molecule has 1 aliphatic heterocycles. The van der Waals surface area contributed by atoms with Crippen LogP contribution in [0.4, 0.5) is 23.0 Å². The Hall–Kier alpha value is -4.30. The third kappa shape index (κ3) is 4.89. The maximum Gasteiger partial charge on any atom is 0.205 e. The number of halogens is 1. The van der Waals surface area contributed by atoms with Crippen LogP contribution in [0.5, 0.6) is 5.75 Å². The van der Waals surface area contributed by atoms with Crippen molar-refractivity contribution in [3.8, 4) is 5.75 Å². The highest BCUT2D eigenvalue weighted by atomic mass is 35.5. The second kappa shape index (κ2) is 9.75. The molecule has 1 N–H and O–H groups in total. The van der Waals surface area contributed by atoms with Crippen LogP contribution < -0.4 is 15.0 Å². The second-order valence-corrected chi connectivity index (χ2v) is 9.33. The summed E-state index contributed by atoms with van der Waals surface area (Å²) in [4.78, 5) is 19.1. The molecule has 4 aromatic rings. The molecule has 0 saturated heterocycles. The number of aromatic nitrogens is 7. The largest absolute Gasteiger partial charge is 0.489 e. The summed E-state index contributed by atoms with van der Waals surface area (Å²) < 4.78 is 7.56. The van der Waals surface area contributed by atoms with E-state index in [4.69, 9.17) is 22.9 Å². The highest BCUT2D eigenvalue weighted by Gasteiger charge is 2.24. The van der Waals surface area contributed by atoms with Gasteiger partial charge in [-0.05, 0) is 55.0 Å². The van der Waals surface area contributed by atoms with Crippen LogP contribution in [0, 0.1) is 6.57 Å². The molecule has 12 heteroatoms. The minimum atomic E-state index is -0.404. The molecule has 5 rings (SSSR count). The van der Waals surface area contributed by atoms with Crippen LogP contribution in [-0.4, -0.2) is 48.3 Å². The maximum absolute atomic E-state index is 7.18. The highest BCUT2D eigenvalue weighted by molar-refractivity contribution is 6.33. The number of tetrazole rings is 1. The summed E-state index contributed by atoms with van der Waals surface area (Å²) in [5.74, 6) is 2.04. The van der Waals surface area contributed by atoms with Gasteiger partial charge in [-0.15, -0.1) is 5.10 Å². The van der Waals surface area contributed by atoms with Gasteiger partial charge in [-0.2, -0.15) is 0 Å². The SMILES string of the molecule is [C-]#[N+]c1ccc(N2CCc3c(ncnc3Nc3ccc(OCC(C)(C)n4cnnn4)cn3)C2)cc1Cl. The normalized spacial score (nSPS) is 13.1. The van der Waals surface area contributed by atoms with Gasteiger partial charge in [0, 0.05) is 22.8 Å². The third-order valence-electron chi connectivity index (χ3n) is 5.97. The lowest BCUT2D eigenvalue weighted by Crippen LogP contribution is -2.34. The molecule has 11 nitrogen and oxygen atoms in total. The van der Waals surface area contributed by atoms with Crippen LogP contribution in [0.15, 0.2) is 49.2 Å². The van der Waals surface area contributed by atoms with Crippen molar-refractivity contribution in [3.63, 3.8) is 0 Å². The fourth-order valence-electron chi connectivity index (χ4n) is 3.89. The summed E-state index contributed by atoms with van der Waals surface area (Å²) >= 11 is 6.24. The van der Waals surface area contributed by atoms with E-state index in [1.165, 1.54) is 0 Å². The van der Waals surface area contributed by atoms with Crippen LogP contribution >= 0.6 is 11.6 Å². The molecular formula is C24H23ClN10O. The van der Waals surface area contributed by atoms with Crippen LogP contribution in [-0.2, 0) is 18.5 Å². The van der Waals surface area contributed by atoms with E-state index in [1.807, 2.05) is 38.1 Å². The van der Waals surface area contributed by atoms with Gasteiger partial charge in [0.1, 0.15) is 36.6 Å². The molecule has 3 aromatic heterocycles. The van der Waals surface area contributed by atoms with Crippen molar-refractivity contribution in [3.05, 3.63) is 76.9 Å². The predicted octanol–water partition coefficient (Wildman–Crippen LogP) is 4.18. The first-order valence-corrected chi connectivity index (χ1v) is 11.6. The maximum atomic E-state index is 7.18. The van der Waals surface area contributed by atoms with E-state index in [2.05, 4.69) is 45.5 Å². The van der Waals surface area contributed by atoms with E-state index < -0.39 is 5.54 Å². The van der Waals surface area contributed by atoms with Crippen molar-refractivity contribution in [2.75, 3.05) is 23.4 Å². The smallest absolute Gasteiger partial charge is 0.205 e. The summed E-state index contributed by atoms with van der Waals surface area (Å²) in [5, 5.41) is 15.1. The van der Waals surface area contributed by atoms with Crippen LogP contribution in [0.25, 0.3) is 4.85 Å². The van der Waals surface area contributed by atoms with Gasteiger partial charge >= 0.3 is 0 Å². The van der Waals surface area contributed by atoms with E-state index >= 15 is 0 Å². The number of anilines is 3. The summed E-state index contributed by atoms with van der Waals surface area (Å²) in [6.07, 6.45) is 5.55. The first-order chi connectivity index (χ1) is 17.4. The lowest BCUT2D eigenvalue weighted by atomic mass is 10.0. The lowest BCUT2D eigenvalue weighted by Gasteiger charge is -2.31. The van der Waals surface area contributed by atoms with E-state index in [1.54, 1.807) is 29.6 Å². The Balaban J connectivity index is 1.25. The monoisotopic (exact) mass is 502 g/mol. The lowest BCUT2D eigenvalue weighted by molar-refractivity contribution is 0.168. The van der Waals surface area contributed by atoms with Crippen LogP contribution in [0.3, 0.4) is 0 Å². The van der Waals surface area contributed by atoms with E-state index in [-0.39, 0.29) is 0 Å². The summed E-state index contributed by atoms with van der Waals surface area (Å²) in [6, 6.07) is 9.21. The highest BCUT2D eigenvalue weighted by Crippen LogP contribution is 2.33. The average Bonchev–Trinajstić information content (AvgIpc) is 3.45. The molecule has 0 fully saturated rings. The predicted molar refractivity (Wildman–Crippen MR) is 135 cm³/mol. The fourth-order valence-corrected chi connectivity index (χ4v) is 4.11. The Bertz CT molecular complexity index is 1400. The third-order valence-corrected chi connectivity index (χ3v) is 6.27. The van der Waals surface area contributed by atoms with Gasteiger partial charge in [-0.3, -0.25) is 0 Å². The molecule has 0 unspecified atom stereocenters. The first-order valence-electron chi connectivity index (χ1n) is 11.3. The Kier molecular flexibility index (Phi) is 6.35. The Morgan fingerprint density at radius 3 is 2.81 bits per heavy atom. The quantitative estimate of drug-likeness (QED) is 0.372. The van der Waals surface area contributed by atoms with Gasteiger partial charge in [-0.25, -0.2) is 24.5 Å². The van der Waals surface area contributed by atoms with Crippen molar-refractivity contribution in [1.82, 2.24) is 35.2 Å². The molecule has 0 radical (unpaired) electrons. The van der Waals surface area contributed by atoms with Crippen LogP contribution in [0.2, 0.25) is 5.02 Å². The van der Waals surface area contributed by atoms with Crippen molar-refractivity contribution >= 4 is 34.6 Å². The topological polar surface area (TPSA) is 111 Å². The van der Waals surface area contributed by atoms with E-state index in [9.17, 15) is 0 Å². The molecule has 1 aromatic carbocycles. The summed E-state index contributed by atoms with van der Waals surface area (Å²) in [5.41, 5.74) is 3.01. The van der Waals surface area contributed by atoms with Crippen molar-refractivity contribution in [2.24, 2.45) is 0 Å². The zero-order valence-corrected chi connectivity index (χ0v) is 20.5. The number of rotatable bonds is 7. The zero-order valence-electron chi connectivity index (χ0n) is 19.8. The average molecular weight is 503 g/mol. The van der Waals surface area contributed by atoms with Gasteiger partial charge in [0.25, 0.3) is 0 Å². The van der Waals surface area contributed by atoms with Crippen LogP contribution in [0.1, 0.15) is 25.1 Å². The fraction of sp³-hybridized carbons (Fsp3) is 0.292. The molecule has 4 heterocycles. The molecule has 0 atom stereocenters. The zero-order chi connectivity index (χ0) is 25.1. The van der Waals surface area contributed by atoms with Gasteiger partial charge in [0.05, 0.1) is 30.5 Å². The van der Waals surface area contributed by atoms with Gasteiger partial charge < -0.3 is 15.0 Å². The molecule has 0 spiro atoms. The van der Waals surface area contributed by atoms with E-state index in [0.29, 0.717) is 35.4 Å². The number of hydrogen-bond donors (Lipinski definition) is 1. The second-order valence-electron chi connectivity index (χ2n) is 8.93. The standard InChI is InChI=1S/C24H23ClN10O/c1-24(2,35-15-30-32-33-35)13-36-17-5-7-22(27-11-17)31-23-18-8-9-34(12-21(18)28-14-29-23)16-4-6-20(26-3)19(25)10-16/h4-7,10-11,14-15H,8-9,12-13H2,1-2H3,(H,27,28,29,31). The first kappa shape index (κ1) is 23.4. The molecule has 0 bridgehead atoms. The molecule has 0 saturated carbocycles. The van der Waals surface area contributed by atoms with Crippen molar-refractivity contribution < 1.29 is 4.74 Å².